The van der Waals surface area contributed by atoms with Crippen molar-refractivity contribution in [2.45, 2.75) is 19.5 Å². The topological polar surface area (TPSA) is 103 Å². The highest BCUT2D eigenvalue weighted by molar-refractivity contribution is 6.35. The number of hydrogen-bond donors (Lipinski definition) is 3. The van der Waals surface area contributed by atoms with Crippen molar-refractivity contribution in [3.8, 4) is 11.5 Å². The smallest absolute Gasteiger partial charge is 0.309 e. The monoisotopic (exact) mass is 371 g/mol. The molecule has 0 saturated heterocycles. The molecular formula is C20H25N3O4. The summed E-state index contributed by atoms with van der Waals surface area (Å²) in [6.07, 6.45) is 0.567. The molecule has 0 aliphatic carbocycles. The summed E-state index contributed by atoms with van der Waals surface area (Å²) in [6.45, 7) is 1.04. The van der Waals surface area contributed by atoms with E-state index < -0.39 is 11.8 Å². The zero-order valence-corrected chi connectivity index (χ0v) is 15.6. The van der Waals surface area contributed by atoms with Gasteiger partial charge < -0.3 is 25.8 Å². The van der Waals surface area contributed by atoms with E-state index in [1.54, 1.807) is 20.3 Å². The molecule has 2 rings (SSSR count). The van der Waals surface area contributed by atoms with Crippen molar-refractivity contribution >= 4 is 11.8 Å². The lowest BCUT2D eigenvalue weighted by atomic mass is 10.1. The zero-order chi connectivity index (χ0) is 19.6. The van der Waals surface area contributed by atoms with Gasteiger partial charge in [0.2, 0.25) is 0 Å². The molecule has 0 spiro atoms. The van der Waals surface area contributed by atoms with Gasteiger partial charge in [-0.05, 0) is 35.2 Å². The first kappa shape index (κ1) is 20.3. The molecular weight excluding hydrogens is 346 g/mol. The number of carbonyl (C=O) groups is 2. The van der Waals surface area contributed by atoms with Gasteiger partial charge in [-0.3, -0.25) is 9.59 Å². The molecule has 2 amide bonds. The second-order valence-corrected chi connectivity index (χ2v) is 5.90. The van der Waals surface area contributed by atoms with Crippen molar-refractivity contribution in [3.63, 3.8) is 0 Å². The molecule has 0 radical (unpaired) electrons. The van der Waals surface area contributed by atoms with Gasteiger partial charge in [-0.15, -0.1) is 0 Å². The average molecular weight is 371 g/mol. The summed E-state index contributed by atoms with van der Waals surface area (Å²) in [7, 11) is 3.14. The highest BCUT2D eigenvalue weighted by Crippen LogP contribution is 2.27. The number of methoxy groups -OCH3 is 2. The number of rotatable bonds is 8. The van der Waals surface area contributed by atoms with Gasteiger partial charge >= 0.3 is 11.8 Å². The molecule has 2 aromatic rings. The first-order valence-electron chi connectivity index (χ1n) is 8.62. The molecule has 0 fully saturated rings. The van der Waals surface area contributed by atoms with Crippen LogP contribution in [0.1, 0.15) is 16.7 Å². The maximum atomic E-state index is 11.9. The summed E-state index contributed by atoms with van der Waals surface area (Å²) in [5, 5.41) is 5.22. The van der Waals surface area contributed by atoms with Crippen LogP contribution in [0, 0.1) is 0 Å². The quantitative estimate of drug-likeness (QED) is 0.604. The van der Waals surface area contributed by atoms with Crippen LogP contribution in [0.2, 0.25) is 0 Å². The fourth-order valence-electron chi connectivity index (χ4n) is 2.57. The van der Waals surface area contributed by atoms with Crippen LogP contribution in [-0.2, 0) is 29.1 Å². The van der Waals surface area contributed by atoms with Crippen LogP contribution in [0.25, 0.3) is 0 Å². The predicted octanol–water partition coefficient (Wildman–Crippen LogP) is 1.14. The molecule has 0 atom stereocenters. The Morgan fingerprint density at radius 3 is 2.30 bits per heavy atom. The van der Waals surface area contributed by atoms with Crippen molar-refractivity contribution < 1.29 is 19.1 Å². The van der Waals surface area contributed by atoms with Crippen LogP contribution in [0.15, 0.2) is 42.5 Å². The molecule has 4 N–H and O–H groups in total. The van der Waals surface area contributed by atoms with Gasteiger partial charge in [-0.2, -0.15) is 0 Å². The van der Waals surface area contributed by atoms with Gasteiger partial charge in [0, 0.05) is 19.6 Å². The van der Waals surface area contributed by atoms with E-state index in [1.807, 2.05) is 36.4 Å². The largest absolute Gasteiger partial charge is 0.493 e. The van der Waals surface area contributed by atoms with Crippen molar-refractivity contribution in [2.24, 2.45) is 5.73 Å². The van der Waals surface area contributed by atoms with Gasteiger partial charge in [0.25, 0.3) is 0 Å². The second kappa shape index (κ2) is 10.2. The summed E-state index contributed by atoms with van der Waals surface area (Å²) < 4.78 is 10.4. The fourth-order valence-corrected chi connectivity index (χ4v) is 2.57. The number of nitrogens with one attached hydrogen (secondary N) is 2. The number of carbonyl (C=O) groups excluding carboxylic acids is 2. The predicted molar refractivity (Wildman–Crippen MR) is 102 cm³/mol. The van der Waals surface area contributed by atoms with E-state index in [2.05, 4.69) is 10.6 Å². The first-order valence-corrected chi connectivity index (χ1v) is 8.62. The Balaban J connectivity index is 1.78. The van der Waals surface area contributed by atoms with Crippen LogP contribution in [0.3, 0.4) is 0 Å². The maximum Gasteiger partial charge on any atom is 0.309 e. The Bertz CT molecular complexity index is 793. The lowest BCUT2D eigenvalue weighted by molar-refractivity contribution is -0.139. The van der Waals surface area contributed by atoms with Crippen LogP contribution in [-0.4, -0.2) is 32.6 Å². The van der Waals surface area contributed by atoms with Gasteiger partial charge in [0.1, 0.15) is 0 Å². The Morgan fingerprint density at radius 2 is 1.59 bits per heavy atom. The molecule has 7 nitrogen and oxygen atoms in total. The third kappa shape index (κ3) is 6.00. The number of ether oxygens (including phenoxy) is 2. The van der Waals surface area contributed by atoms with Crippen LogP contribution in [0.5, 0.6) is 11.5 Å². The summed E-state index contributed by atoms with van der Waals surface area (Å²) in [6, 6.07) is 13.1. The molecule has 144 valence electrons. The Kier molecular flexibility index (Phi) is 7.63. The van der Waals surface area contributed by atoms with Gasteiger partial charge in [0.05, 0.1) is 14.2 Å². The second-order valence-electron chi connectivity index (χ2n) is 5.90. The van der Waals surface area contributed by atoms with E-state index in [0.29, 0.717) is 31.0 Å². The molecule has 0 heterocycles. The lowest BCUT2D eigenvalue weighted by Crippen LogP contribution is -2.40. The van der Waals surface area contributed by atoms with Gasteiger partial charge in [-0.1, -0.05) is 30.3 Å². The normalized spacial score (nSPS) is 10.2. The van der Waals surface area contributed by atoms with E-state index in [9.17, 15) is 9.59 Å². The SMILES string of the molecule is COc1ccc(CCNC(=O)C(=O)NCc2cccc(CN)c2)cc1OC. The minimum absolute atomic E-state index is 0.274. The first-order chi connectivity index (χ1) is 13.1. The zero-order valence-electron chi connectivity index (χ0n) is 15.6. The fraction of sp³-hybridized carbons (Fsp3) is 0.300. The summed E-state index contributed by atoms with van der Waals surface area (Å²) in [4.78, 5) is 23.8. The van der Waals surface area contributed by atoms with Gasteiger partial charge in [-0.25, -0.2) is 0 Å². The highest BCUT2D eigenvalue weighted by Gasteiger charge is 2.12. The third-order valence-corrected chi connectivity index (χ3v) is 4.03. The van der Waals surface area contributed by atoms with E-state index in [4.69, 9.17) is 15.2 Å². The number of amides is 2. The van der Waals surface area contributed by atoms with E-state index in [1.165, 1.54) is 0 Å². The van der Waals surface area contributed by atoms with Crippen LogP contribution >= 0.6 is 0 Å². The van der Waals surface area contributed by atoms with Crippen molar-refractivity contribution in [3.05, 3.63) is 59.2 Å². The highest BCUT2D eigenvalue weighted by atomic mass is 16.5. The van der Waals surface area contributed by atoms with Crippen LogP contribution in [0.4, 0.5) is 0 Å². The van der Waals surface area contributed by atoms with Crippen molar-refractivity contribution in [2.75, 3.05) is 20.8 Å². The molecule has 0 unspecified atom stereocenters. The van der Waals surface area contributed by atoms with Gasteiger partial charge in [0.15, 0.2) is 11.5 Å². The Morgan fingerprint density at radius 1 is 0.889 bits per heavy atom. The molecule has 0 aliphatic heterocycles. The summed E-state index contributed by atoms with van der Waals surface area (Å²) in [5.74, 6) is -0.0620. The molecule has 0 aromatic heterocycles. The van der Waals surface area contributed by atoms with Crippen molar-refractivity contribution in [1.82, 2.24) is 10.6 Å². The Hall–Kier alpha value is -3.06. The summed E-state index contributed by atoms with van der Waals surface area (Å²) in [5.41, 5.74) is 8.42. The summed E-state index contributed by atoms with van der Waals surface area (Å²) >= 11 is 0. The number of benzene rings is 2. The van der Waals surface area contributed by atoms with E-state index in [-0.39, 0.29) is 6.54 Å². The minimum atomic E-state index is -0.666. The minimum Gasteiger partial charge on any atom is -0.493 e. The standard InChI is InChI=1S/C20H25N3O4/c1-26-17-7-6-14(11-18(17)27-2)8-9-22-19(24)20(25)23-13-16-5-3-4-15(10-16)12-21/h3-7,10-11H,8-9,12-13,21H2,1-2H3,(H,22,24)(H,23,25). The lowest BCUT2D eigenvalue weighted by Gasteiger charge is -2.10. The Labute approximate surface area is 158 Å². The molecule has 0 saturated carbocycles. The molecule has 0 bridgehead atoms. The number of nitrogens with two attached hydrogens (primary N) is 1. The number of hydrogen-bond acceptors (Lipinski definition) is 5. The molecule has 7 heteroatoms. The molecule has 2 aromatic carbocycles. The average Bonchev–Trinajstić information content (AvgIpc) is 2.71. The van der Waals surface area contributed by atoms with Crippen molar-refractivity contribution in [1.29, 1.82) is 0 Å². The molecule has 0 aliphatic rings. The van der Waals surface area contributed by atoms with Crippen LogP contribution < -0.4 is 25.8 Å². The van der Waals surface area contributed by atoms with E-state index in [0.717, 1.165) is 16.7 Å². The van der Waals surface area contributed by atoms with E-state index >= 15 is 0 Å². The maximum absolute atomic E-state index is 11.9. The third-order valence-electron chi connectivity index (χ3n) is 4.03. The molecule has 27 heavy (non-hydrogen) atoms.